The molecule has 1 aromatic carbocycles. The molecule has 1 atom stereocenters. The van der Waals surface area contributed by atoms with Crippen LogP contribution in [0.15, 0.2) is 18.2 Å². The molecule has 1 saturated heterocycles. The Morgan fingerprint density at radius 2 is 2.20 bits per heavy atom. The molecule has 2 rings (SSSR count). The first-order chi connectivity index (χ1) is 9.04. The minimum absolute atomic E-state index is 0. The lowest BCUT2D eigenvalue weighted by molar-refractivity contribution is -0.0522. The van der Waals surface area contributed by atoms with Gasteiger partial charge in [0, 0.05) is 32.2 Å². The van der Waals surface area contributed by atoms with Crippen LogP contribution in [0, 0.1) is 5.82 Å². The summed E-state index contributed by atoms with van der Waals surface area (Å²) in [6.07, 6.45) is 0. The predicted molar refractivity (Wildman–Crippen MR) is 73.0 cm³/mol. The summed E-state index contributed by atoms with van der Waals surface area (Å²) < 4.78 is 41.7. The van der Waals surface area contributed by atoms with Crippen LogP contribution in [0.2, 0.25) is 0 Å². The molecule has 114 valence electrons. The van der Waals surface area contributed by atoms with Crippen molar-refractivity contribution in [2.45, 2.75) is 26.1 Å². The van der Waals surface area contributed by atoms with E-state index in [1.54, 1.807) is 6.07 Å². The van der Waals surface area contributed by atoms with Crippen LogP contribution >= 0.6 is 12.4 Å². The zero-order valence-electron chi connectivity index (χ0n) is 11.1. The molecule has 1 aliphatic rings. The maximum atomic E-state index is 13.6. The Bertz CT molecular complexity index is 434. The lowest BCUT2D eigenvalue weighted by Gasteiger charge is -2.31. The largest absolute Gasteiger partial charge is 0.432 e. The molecular formula is C13H18ClF3N2O. The third-order valence-electron chi connectivity index (χ3n) is 3.07. The van der Waals surface area contributed by atoms with Gasteiger partial charge in [-0.1, -0.05) is 6.07 Å². The number of hydrogen-bond acceptors (Lipinski definition) is 3. The second kappa shape index (κ2) is 7.71. The molecule has 0 saturated carbocycles. The summed E-state index contributed by atoms with van der Waals surface area (Å²) in [7, 11) is 0. The lowest BCUT2D eigenvalue weighted by Crippen LogP contribution is -2.48. The third-order valence-corrected chi connectivity index (χ3v) is 3.07. The molecule has 0 unspecified atom stereocenters. The lowest BCUT2D eigenvalue weighted by atomic mass is 10.1. The van der Waals surface area contributed by atoms with Gasteiger partial charge in [-0.15, -0.1) is 12.4 Å². The number of nitrogens with zero attached hydrogens (tertiary/aromatic N) is 1. The Hall–Kier alpha value is -0.980. The highest BCUT2D eigenvalue weighted by Crippen LogP contribution is 2.21. The van der Waals surface area contributed by atoms with E-state index >= 15 is 0 Å². The fourth-order valence-corrected chi connectivity index (χ4v) is 2.25. The van der Waals surface area contributed by atoms with Crippen molar-refractivity contribution in [3.63, 3.8) is 0 Å². The first-order valence-electron chi connectivity index (χ1n) is 6.23. The summed E-state index contributed by atoms with van der Waals surface area (Å²) in [5.74, 6) is -1.16. The predicted octanol–water partition coefficient (Wildman–Crippen LogP) is 2.64. The summed E-state index contributed by atoms with van der Waals surface area (Å²) in [5, 5.41) is 3.32. The monoisotopic (exact) mass is 310 g/mol. The zero-order valence-corrected chi connectivity index (χ0v) is 11.9. The van der Waals surface area contributed by atoms with Gasteiger partial charge < -0.3 is 10.1 Å². The van der Waals surface area contributed by atoms with Crippen molar-refractivity contribution in [3.05, 3.63) is 29.6 Å². The van der Waals surface area contributed by atoms with Crippen LogP contribution in [0.5, 0.6) is 5.75 Å². The molecule has 3 nitrogen and oxygen atoms in total. The molecule has 0 spiro atoms. The topological polar surface area (TPSA) is 24.5 Å². The van der Waals surface area contributed by atoms with Crippen molar-refractivity contribution in [3.8, 4) is 5.75 Å². The van der Waals surface area contributed by atoms with Gasteiger partial charge in [-0.25, -0.2) is 4.39 Å². The number of halogens is 4. The van der Waals surface area contributed by atoms with Crippen LogP contribution in [-0.2, 0) is 6.54 Å². The fraction of sp³-hybridized carbons (Fsp3) is 0.538. The number of piperazine rings is 1. The summed E-state index contributed by atoms with van der Waals surface area (Å²) in [6.45, 7) is 2.37. The van der Waals surface area contributed by atoms with Crippen molar-refractivity contribution >= 4 is 12.4 Å². The van der Waals surface area contributed by atoms with Crippen LogP contribution in [0.3, 0.4) is 0 Å². The molecule has 0 aliphatic carbocycles. The van der Waals surface area contributed by atoms with Crippen LogP contribution in [0.4, 0.5) is 13.2 Å². The maximum Gasteiger partial charge on any atom is 0.387 e. The van der Waals surface area contributed by atoms with Gasteiger partial charge >= 0.3 is 6.61 Å². The highest BCUT2D eigenvalue weighted by molar-refractivity contribution is 5.85. The Morgan fingerprint density at radius 1 is 1.45 bits per heavy atom. The van der Waals surface area contributed by atoms with Crippen molar-refractivity contribution in [2.75, 3.05) is 19.6 Å². The van der Waals surface area contributed by atoms with E-state index in [4.69, 9.17) is 0 Å². The van der Waals surface area contributed by atoms with Crippen LogP contribution in [-0.4, -0.2) is 37.2 Å². The second-order valence-electron chi connectivity index (χ2n) is 4.73. The summed E-state index contributed by atoms with van der Waals surface area (Å²) in [6, 6.07) is 4.53. The van der Waals surface area contributed by atoms with Crippen LogP contribution < -0.4 is 10.1 Å². The van der Waals surface area contributed by atoms with Gasteiger partial charge in [0.25, 0.3) is 0 Å². The Labute approximate surface area is 122 Å². The van der Waals surface area contributed by atoms with Gasteiger partial charge in [-0.3, -0.25) is 4.90 Å². The smallest absolute Gasteiger partial charge is 0.387 e. The van der Waals surface area contributed by atoms with Gasteiger partial charge in [0.1, 0.15) is 0 Å². The average Bonchev–Trinajstić information content (AvgIpc) is 2.32. The van der Waals surface area contributed by atoms with Crippen molar-refractivity contribution < 1.29 is 17.9 Å². The summed E-state index contributed by atoms with van der Waals surface area (Å²) >= 11 is 0. The van der Waals surface area contributed by atoms with E-state index in [1.165, 1.54) is 12.1 Å². The number of alkyl halides is 2. The minimum atomic E-state index is -3.01. The van der Waals surface area contributed by atoms with Gasteiger partial charge in [0.2, 0.25) is 0 Å². The molecule has 0 amide bonds. The Balaban J connectivity index is 0.00000200. The van der Waals surface area contributed by atoms with E-state index in [9.17, 15) is 13.2 Å². The molecule has 1 N–H and O–H groups in total. The SMILES string of the molecule is C[C@H]1CN(Cc2ccc(OC(F)F)c(F)c2)CCN1.Cl. The average molecular weight is 311 g/mol. The molecule has 20 heavy (non-hydrogen) atoms. The van der Waals surface area contributed by atoms with Crippen LogP contribution in [0.1, 0.15) is 12.5 Å². The van der Waals surface area contributed by atoms with Crippen LogP contribution in [0.25, 0.3) is 0 Å². The second-order valence-corrected chi connectivity index (χ2v) is 4.73. The van der Waals surface area contributed by atoms with E-state index in [-0.39, 0.29) is 12.4 Å². The molecule has 1 fully saturated rings. The van der Waals surface area contributed by atoms with E-state index in [2.05, 4.69) is 21.9 Å². The fourth-order valence-electron chi connectivity index (χ4n) is 2.25. The molecule has 0 radical (unpaired) electrons. The van der Waals surface area contributed by atoms with Gasteiger partial charge in [-0.2, -0.15) is 8.78 Å². The van der Waals surface area contributed by atoms with E-state index in [0.717, 1.165) is 25.2 Å². The highest BCUT2D eigenvalue weighted by atomic mass is 35.5. The van der Waals surface area contributed by atoms with Gasteiger partial charge in [0.15, 0.2) is 11.6 Å². The summed E-state index contributed by atoms with van der Waals surface area (Å²) in [4.78, 5) is 2.20. The highest BCUT2D eigenvalue weighted by Gasteiger charge is 2.16. The quantitative estimate of drug-likeness (QED) is 0.925. The molecule has 0 aromatic heterocycles. The number of benzene rings is 1. The number of ether oxygens (including phenoxy) is 1. The van der Waals surface area contributed by atoms with Crippen molar-refractivity contribution in [2.24, 2.45) is 0 Å². The zero-order chi connectivity index (χ0) is 13.8. The van der Waals surface area contributed by atoms with E-state index in [1.807, 2.05) is 0 Å². The minimum Gasteiger partial charge on any atom is -0.432 e. The molecular weight excluding hydrogens is 293 g/mol. The summed E-state index contributed by atoms with van der Waals surface area (Å²) in [5.41, 5.74) is 0.758. The van der Waals surface area contributed by atoms with E-state index < -0.39 is 18.2 Å². The molecule has 7 heteroatoms. The molecule has 0 bridgehead atoms. The van der Waals surface area contributed by atoms with Gasteiger partial charge in [0.05, 0.1) is 0 Å². The first kappa shape index (κ1) is 17.1. The number of hydrogen-bond donors (Lipinski definition) is 1. The van der Waals surface area contributed by atoms with Gasteiger partial charge in [-0.05, 0) is 24.6 Å². The van der Waals surface area contributed by atoms with E-state index in [0.29, 0.717) is 12.6 Å². The van der Waals surface area contributed by atoms with Crippen molar-refractivity contribution in [1.82, 2.24) is 10.2 Å². The number of rotatable bonds is 4. The third kappa shape index (κ3) is 4.85. The Kier molecular flexibility index (Phi) is 6.58. The number of nitrogens with one attached hydrogen (secondary N) is 1. The Morgan fingerprint density at radius 3 is 2.80 bits per heavy atom. The van der Waals surface area contributed by atoms with Crippen molar-refractivity contribution in [1.29, 1.82) is 0 Å². The normalized spacial score (nSPS) is 19.8. The molecule has 1 aromatic rings. The standard InChI is InChI=1S/C13H17F3N2O.ClH/c1-9-7-18(5-4-17-9)8-10-2-3-12(11(14)6-10)19-13(15)16;/h2-3,6,9,13,17H,4-5,7-8H2,1H3;1H/t9-;/m0./s1. The first-order valence-corrected chi connectivity index (χ1v) is 6.23. The maximum absolute atomic E-state index is 13.6. The molecule has 1 aliphatic heterocycles. The molecule has 1 heterocycles.